The van der Waals surface area contributed by atoms with E-state index in [1.54, 1.807) is 18.2 Å². The zero-order chi connectivity index (χ0) is 19.8. The maximum Gasteiger partial charge on any atom is 0.321 e. The highest BCUT2D eigenvalue weighted by Crippen LogP contribution is 2.04. The van der Waals surface area contributed by atoms with Gasteiger partial charge in [-0.3, -0.25) is 14.9 Å². The number of aromatic nitrogens is 2. The van der Waals surface area contributed by atoms with Crippen LogP contribution in [0.1, 0.15) is 33.0 Å². The monoisotopic (exact) mass is 374 g/mol. The first-order valence-corrected chi connectivity index (χ1v) is 9.28. The van der Waals surface area contributed by atoms with Crippen molar-refractivity contribution >= 4 is 22.8 Å². The second-order valence-corrected chi connectivity index (χ2v) is 6.97. The van der Waals surface area contributed by atoms with Gasteiger partial charge in [0.2, 0.25) is 0 Å². The van der Waals surface area contributed by atoms with Gasteiger partial charge in [0.1, 0.15) is 6.54 Å². The van der Waals surface area contributed by atoms with E-state index in [1.165, 1.54) is 0 Å². The SMILES string of the molecule is CC[NH+](CC(=O)NC(=O)NCCC(C)C)Cc1nc2ccccc2c(=O)[nH]1. The van der Waals surface area contributed by atoms with Gasteiger partial charge in [-0.1, -0.05) is 26.0 Å². The Balaban J connectivity index is 1.92. The summed E-state index contributed by atoms with van der Waals surface area (Å²) < 4.78 is 0. The number of carbonyl (C=O) groups is 2. The molecule has 1 unspecified atom stereocenters. The van der Waals surface area contributed by atoms with Crippen molar-refractivity contribution in [1.29, 1.82) is 0 Å². The molecule has 0 radical (unpaired) electrons. The van der Waals surface area contributed by atoms with E-state index in [9.17, 15) is 14.4 Å². The van der Waals surface area contributed by atoms with Crippen LogP contribution in [0.5, 0.6) is 0 Å². The van der Waals surface area contributed by atoms with E-state index >= 15 is 0 Å². The molecule has 8 nitrogen and oxygen atoms in total. The van der Waals surface area contributed by atoms with Crippen LogP contribution in [0.4, 0.5) is 4.79 Å². The fourth-order valence-electron chi connectivity index (χ4n) is 2.68. The fourth-order valence-corrected chi connectivity index (χ4v) is 2.68. The first-order chi connectivity index (χ1) is 12.9. The van der Waals surface area contributed by atoms with Gasteiger partial charge in [-0.25, -0.2) is 9.78 Å². The predicted octanol–water partition coefficient (Wildman–Crippen LogP) is 0.200. The number of urea groups is 1. The van der Waals surface area contributed by atoms with Gasteiger partial charge >= 0.3 is 6.03 Å². The number of aromatic amines is 1. The van der Waals surface area contributed by atoms with Crippen LogP contribution in [0.15, 0.2) is 29.1 Å². The second kappa shape index (κ2) is 9.82. The number of H-pyrrole nitrogens is 1. The molecule has 0 saturated heterocycles. The average molecular weight is 374 g/mol. The summed E-state index contributed by atoms with van der Waals surface area (Å²) in [7, 11) is 0. The number of fused-ring (bicyclic) bond motifs is 1. The highest BCUT2D eigenvalue weighted by atomic mass is 16.2. The van der Waals surface area contributed by atoms with Crippen LogP contribution in [0.25, 0.3) is 10.9 Å². The average Bonchev–Trinajstić information content (AvgIpc) is 2.60. The molecule has 0 saturated carbocycles. The lowest BCUT2D eigenvalue weighted by atomic mass is 10.1. The van der Waals surface area contributed by atoms with E-state index in [-0.39, 0.29) is 18.0 Å². The van der Waals surface area contributed by atoms with Crippen molar-refractivity contribution in [3.8, 4) is 0 Å². The lowest BCUT2D eigenvalue weighted by Gasteiger charge is -2.16. The highest BCUT2D eigenvalue weighted by Gasteiger charge is 2.17. The van der Waals surface area contributed by atoms with Crippen LogP contribution in [0.3, 0.4) is 0 Å². The maximum absolute atomic E-state index is 12.1. The Labute approximate surface area is 158 Å². The quantitative estimate of drug-likeness (QED) is 0.529. The van der Waals surface area contributed by atoms with Crippen LogP contribution >= 0.6 is 0 Å². The molecule has 2 rings (SSSR count). The van der Waals surface area contributed by atoms with E-state index in [1.807, 2.05) is 13.0 Å². The summed E-state index contributed by atoms with van der Waals surface area (Å²) in [5.74, 6) is 0.638. The van der Waals surface area contributed by atoms with Crippen molar-refractivity contribution < 1.29 is 14.5 Å². The smallest absolute Gasteiger partial charge is 0.321 e. The number of benzene rings is 1. The Bertz CT molecular complexity index is 847. The molecule has 2 aromatic rings. The van der Waals surface area contributed by atoms with Gasteiger partial charge in [-0.05, 0) is 31.4 Å². The normalized spacial score (nSPS) is 12.1. The molecule has 1 atom stereocenters. The number of quaternary nitrogens is 1. The van der Waals surface area contributed by atoms with Crippen LogP contribution < -0.4 is 21.1 Å². The Kier molecular flexibility index (Phi) is 7.48. The van der Waals surface area contributed by atoms with Gasteiger partial charge in [0.05, 0.1) is 17.4 Å². The summed E-state index contributed by atoms with van der Waals surface area (Å²) in [6.45, 7) is 7.76. The van der Waals surface area contributed by atoms with Gasteiger partial charge in [-0.2, -0.15) is 0 Å². The molecule has 4 N–H and O–H groups in total. The first-order valence-electron chi connectivity index (χ1n) is 9.28. The third-order valence-electron chi connectivity index (χ3n) is 4.25. The van der Waals surface area contributed by atoms with Gasteiger partial charge in [-0.15, -0.1) is 0 Å². The van der Waals surface area contributed by atoms with E-state index in [4.69, 9.17) is 0 Å². The molecular weight excluding hydrogens is 346 g/mol. The molecule has 1 aromatic carbocycles. The summed E-state index contributed by atoms with van der Waals surface area (Å²) >= 11 is 0. The standard InChI is InChI=1S/C19H27N5O3/c1-4-24(12-17(25)23-19(27)20-10-9-13(2)3)11-16-21-15-8-6-5-7-14(15)18(26)22-16/h5-8,13H,4,9-12H2,1-3H3,(H,21,22,26)(H2,20,23,25,27)/p+1. The minimum absolute atomic E-state index is 0.116. The minimum atomic E-state index is -0.478. The zero-order valence-electron chi connectivity index (χ0n) is 16.1. The number of nitrogens with zero attached hydrogens (tertiary/aromatic N) is 1. The highest BCUT2D eigenvalue weighted by molar-refractivity contribution is 5.94. The van der Waals surface area contributed by atoms with E-state index in [0.29, 0.717) is 42.3 Å². The molecule has 0 aliphatic heterocycles. The van der Waals surface area contributed by atoms with Crippen LogP contribution in [-0.4, -0.2) is 41.5 Å². The van der Waals surface area contributed by atoms with Crippen LogP contribution in [0.2, 0.25) is 0 Å². The molecular formula is C19H28N5O3+. The third-order valence-corrected chi connectivity index (χ3v) is 4.25. The number of para-hydroxylation sites is 1. The largest absolute Gasteiger partial charge is 0.338 e. The summed E-state index contributed by atoms with van der Waals surface area (Å²) in [6.07, 6.45) is 0.856. The summed E-state index contributed by atoms with van der Waals surface area (Å²) in [4.78, 5) is 44.1. The molecule has 0 fully saturated rings. The van der Waals surface area contributed by atoms with Crippen LogP contribution in [0, 0.1) is 5.92 Å². The number of carbonyl (C=O) groups excluding carboxylic acids is 2. The molecule has 0 aliphatic rings. The van der Waals surface area contributed by atoms with Crippen molar-refractivity contribution in [2.45, 2.75) is 33.7 Å². The predicted molar refractivity (Wildman–Crippen MR) is 103 cm³/mol. The Morgan fingerprint density at radius 3 is 2.70 bits per heavy atom. The maximum atomic E-state index is 12.1. The Hall–Kier alpha value is -2.74. The van der Waals surface area contributed by atoms with Crippen molar-refractivity contribution in [2.75, 3.05) is 19.6 Å². The zero-order valence-corrected chi connectivity index (χ0v) is 16.1. The molecule has 0 aliphatic carbocycles. The van der Waals surface area contributed by atoms with Crippen molar-refractivity contribution in [1.82, 2.24) is 20.6 Å². The minimum Gasteiger partial charge on any atom is -0.338 e. The lowest BCUT2D eigenvalue weighted by Crippen LogP contribution is -3.11. The van der Waals surface area contributed by atoms with E-state index in [0.717, 1.165) is 11.3 Å². The number of hydrogen-bond donors (Lipinski definition) is 4. The molecule has 1 aromatic heterocycles. The van der Waals surface area contributed by atoms with Gasteiger partial charge in [0, 0.05) is 6.54 Å². The van der Waals surface area contributed by atoms with Crippen molar-refractivity contribution in [3.63, 3.8) is 0 Å². The molecule has 27 heavy (non-hydrogen) atoms. The molecule has 0 spiro atoms. The fraction of sp³-hybridized carbons (Fsp3) is 0.474. The molecule has 146 valence electrons. The molecule has 1 heterocycles. The number of imide groups is 1. The van der Waals surface area contributed by atoms with Crippen molar-refractivity contribution in [3.05, 3.63) is 40.4 Å². The Morgan fingerprint density at radius 2 is 2.00 bits per heavy atom. The molecule has 0 bridgehead atoms. The number of amides is 3. The lowest BCUT2D eigenvalue weighted by molar-refractivity contribution is -0.904. The van der Waals surface area contributed by atoms with Gasteiger partial charge in [0.25, 0.3) is 11.5 Å². The Morgan fingerprint density at radius 1 is 1.26 bits per heavy atom. The number of rotatable bonds is 8. The third kappa shape index (κ3) is 6.49. The number of nitrogens with one attached hydrogen (secondary N) is 4. The number of likely N-dealkylation sites (N-methyl/N-ethyl adjacent to an activating group) is 1. The topological polar surface area (TPSA) is 108 Å². The van der Waals surface area contributed by atoms with E-state index in [2.05, 4.69) is 34.4 Å². The molecule has 8 heteroatoms. The second-order valence-electron chi connectivity index (χ2n) is 6.97. The number of hydrogen-bond acceptors (Lipinski definition) is 4. The van der Waals surface area contributed by atoms with Gasteiger partial charge < -0.3 is 15.2 Å². The summed E-state index contributed by atoms with van der Waals surface area (Å²) in [5.41, 5.74) is 0.431. The van der Waals surface area contributed by atoms with Crippen LogP contribution in [-0.2, 0) is 11.3 Å². The van der Waals surface area contributed by atoms with E-state index < -0.39 is 6.03 Å². The molecule has 3 amide bonds. The van der Waals surface area contributed by atoms with Gasteiger partial charge in [0.15, 0.2) is 12.4 Å². The first kappa shape index (κ1) is 20.6. The summed E-state index contributed by atoms with van der Waals surface area (Å²) in [6, 6.07) is 6.65. The summed E-state index contributed by atoms with van der Waals surface area (Å²) in [5, 5.41) is 5.55. The van der Waals surface area contributed by atoms with Crippen molar-refractivity contribution in [2.24, 2.45) is 5.92 Å².